The van der Waals surface area contributed by atoms with Gasteiger partial charge in [-0.3, -0.25) is 19.7 Å². The fraction of sp³-hybridized carbons (Fsp3) is 0.450. The smallest absolute Gasteiger partial charge is 0.268 e. The maximum absolute atomic E-state index is 15.5. The lowest BCUT2D eigenvalue weighted by molar-refractivity contribution is -0.144. The van der Waals surface area contributed by atoms with E-state index in [9.17, 15) is 24.9 Å². The zero-order valence-corrected chi connectivity index (χ0v) is 31.5. The molecule has 3 fully saturated rings. The van der Waals surface area contributed by atoms with Gasteiger partial charge in [-0.05, 0) is 76.5 Å². The number of nitrogens with one attached hydrogen (secondary N) is 2. The largest absolute Gasteiger partial charge is 0.368 e. The molecule has 2 N–H and O–H groups in total. The van der Waals surface area contributed by atoms with E-state index in [0.717, 1.165) is 70.3 Å². The Labute approximate surface area is 327 Å². The first-order valence-corrected chi connectivity index (χ1v) is 19.4. The third kappa shape index (κ3) is 7.62. The Hall–Kier alpha value is -6.33. The number of piperidine rings is 2. The number of hydrogen-bond acceptors (Lipinski definition) is 12. The number of carbonyl (C=O) groups is 2. The Balaban J connectivity index is 0.846. The molecule has 2 amide bonds. The van der Waals surface area contributed by atoms with Crippen LogP contribution in [0.1, 0.15) is 93.5 Å². The summed E-state index contributed by atoms with van der Waals surface area (Å²) in [6, 6.07) is 10.1. The number of imide groups is 1. The highest BCUT2D eigenvalue weighted by Crippen LogP contribution is 2.38. The van der Waals surface area contributed by atoms with Crippen molar-refractivity contribution in [1.29, 1.82) is 10.5 Å². The summed E-state index contributed by atoms with van der Waals surface area (Å²) in [5.74, 6) is -0.112. The van der Waals surface area contributed by atoms with E-state index in [0.29, 0.717) is 45.6 Å². The first-order valence-electron chi connectivity index (χ1n) is 19.4. The van der Waals surface area contributed by atoms with E-state index in [1.807, 2.05) is 11.5 Å². The number of anilines is 1. The summed E-state index contributed by atoms with van der Waals surface area (Å²) in [6.45, 7) is 4.50. The molecule has 1 unspecified atom stereocenters. The molecule has 7 heterocycles. The van der Waals surface area contributed by atoms with Crippen LogP contribution in [0, 0.1) is 28.6 Å². The van der Waals surface area contributed by atoms with Crippen LogP contribution < -0.4 is 16.2 Å². The van der Waals surface area contributed by atoms with Gasteiger partial charge in [-0.15, -0.1) is 5.10 Å². The lowest BCUT2D eigenvalue weighted by Crippen LogP contribution is -2.49. The van der Waals surface area contributed by atoms with E-state index in [2.05, 4.69) is 47.7 Å². The summed E-state index contributed by atoms with van der Waals surface area (Å²) in [5.41, 5.74) is 0.503. The van der Waals surface area contributed by atoms with Crippen molar-refractivity contribution >= 4 is 28.5 Å². The minimum atomic E-state index is -2.37. The van der Waals surface area contributed by atoms with Crippen molar-refractivity contribution in [3.05, 3.63) is 82.4 Å². The quantitative estimate of drug-likeness (QED) is 0.190. The van der Waals surface area contributed by atoms with E-state index >= 15 is 4.39 Å². The van der Waals surface area contributed by atoms with Gasteiger partial charge in [-0.25, -0.2) is 19.0 Å². The van der Waals surface area contributed by atoms with E-state index in [-0.39, 0.29) is 30.0 Å². The van der Waals surface area contributed by atoms with Crippen molar-refractivity contribution < 1.29 is 14.0 Å². The highest BCUT2D eigenvalue weighted by Gasteiger charge is 2.45. The van der Waals surface area contributed by atoms with Crippen LogP contribution in [0.5, 0.6) is 0 Å². The summed E-state index contributed by atoms with van der Waals surface area (Å²) < 4.78 is 20.4. The van der Waals surface area contributed by atoms with Crippen LogP contribution >= 0.6 is 0 Å². The van der Waals surface area contributed by atoms with Crippen LogP contribution in [-0.2, 0) is 15.3 Å². The van der Waals surface area contributed by atoms with Gasteiger partial charge >= 0.3 is 0 Å². The first kappa shape index (κ1) is 37.6. The van der Waals surface area contributed by atoms with E-state index in [4.69, 9.17) is 0 Å². The predicted molar refractivity (Wildman–Crippen MR) is 205 cm³/mol. The number of aromatic nitrogens is 8. The van der Waals surface area contributed by atoms with Crippen LogP contribution in [0.25, 0.3) is 22.5 Å². The Morgan fingerprint density at radius 3 is 2.58 bits per heavy atom. The Bertz CT molecular complexity index is 2460. The number of nitriles is 2. The molecule has 292 valence electrons. The van der Waals surface area contributed by atoms with Gasteiger partial charge in [0, 0.05) is 73.4 Å². The third-order valence-electron chi connectivity index (χ3n) is 11.7. The minimum Gasteiger partial charge on any atom is -0.368 e. The summed E-state index contributed by atoms with van der Waals surface area (Å²) in [6.07, 6.45) is 14.9. The van der Waals surface area contributed by atoms with Gasteiger partial charge in [-0.2, -0.15) is 20.3 Å². The molecule has 2 saturated heterocycles. The molecule has 0 spiro atoms. The molecule has 0 bridgehead atoms. The lowest BCUT2D eigenvalue weighted by atomic mass is 9.79. The fourth-order valence-corrected chi connectivity index (χ4v) is 8.38. The van der Waals surface area contributed by atoms with Crippen LogP contribution in [0.15, 0.2) is 60.0 Å². The second kappa shape index (κ2) is 15.7. The van der Waals surface area contributed by atoms with Gasteiger partial charge in [0.2, 0.25) is 11.6 Å². The second-order valence-electron chi connectivity index (χ2n) is 15.4. The molecule has 3 aliphatic rings. The standard InChI is InChI=1S/C40H42FN13O3/c1-25(19-42)47-32-18-35(54-38-29(22-46-54)16-27(20-43)21-45-38)44-23-34(32)53-24-33(49-50-53)28-4-2-26(3-5-28)7-12-51-13-9-31(10-14-51)52-15-8-30(17-37(52)56)40(41)11-6-36(55)48-39(40)57/h8,15-18,21-26,28,31H,2-7,9-14H2,1H3,(H,44,47)(H,48,55,57)/t25-,26?,28?,40?/m1/s1. The van der Waals surface area contributed by atoms with Crippen molar-refractivity contribution in [2.24, 2.45) is 5.92 Å². The number of hydrogen-bond donors (Lipinski definition) is 2. The van der Waals surface area contributed by atoms with Crippen LogP contribution in [0.2, 0.25) is 0 Å². The summed E-state index contributed by atoms with van der Waals surface area (Å²) in [5, 5.41) is 38.3. The molecule has 5 aromatic heterocycles. The SMILES string of the molecule is C[C@H](C#N)Nc1cc(-n2ncc3cc(C#N)cnc32)ncc1-n1cc(C2CCC(CCN3CCC(n4ccc(C5(F)CCC(=O)NC5=O)cc4=O)CC3)CC2)nn1. The average Bonchev–Trinajstić information content (AvgIpc) is 3.90. The maximum atomic E-state index is 15.5. The second-order valence-corrected chi connectivity index (χ2v) is 15.4. The number of pyridine rings is 3. The highest BCUT2D eigenvalue weighted by atomic mass is 19.1. The zero-order valence-electron chi connectivity index (χ0n) is 31.5. The molecule has 0 radical (unpaired) electrons. The number of rotatable bonds is 10. The molecule has 1 saturated carbocycles. The average molecular weight is 772 g/mol. The van der Waals surface area contributed by atoms with Crippen molar-refractivity contribution in [3.63, 3.8) is 0 Å². The normalized spacial score (nSPS) is 22.5. The molecule has 8 rings (SSSR count). The molecule has 2 aliphatic heterocycles. The zero-order chi connectivity index (χ0) is 39.7. The number of likely N-dealkylation sites (tertiary alicyclic amines) is 1. The maximum Gasteiger partial charge on any atom is 0.268 e. The molecular weight excluding hydrogens is 730 g/mol. The van der Waals surface area contributed by atoms with Crippen molar-refractivity contribution in [2.45, 2.75) is 88.4 Å². The van der Waals surface area contributed by atoms with Gasteiger partial charge < -0.3 is 14.8 Å². The molecule has 0 aromatic carbocycles. The van der Waals surface area contributed by atoms with Gasteiger partial charge in [0.05, 0.1) is 41.6 Å². The molecular formula is C40H42FN13O3. The van der Waals surface area contributed by atoms with Crippen LogP contribution in [0.3, 0.4) is 0 Å². The minimum absolute atomic E-state index is 0.00185. The molecule has 2 atom stereocenters. The van der Waals surface area contributed by atoms with Crippen molar-refractivity contribution in [3.8, 4) is 23.6 Å². The number of carbonyl (C=O) groups excluding carboxylic acids is 2. The van der Waals surface area contributed by atoms with E-state index < -0.39 is 23.5 Å². The highest BCUT2D eigenvalue weighted by molar-refractivity contribution is 6.02. The summed E-state index contributed by atoms with van der Waals surface area (Å²) >= 11 is 0. The van der Waals surface area contributed by atoms with Crippen molar-refractivity contribution in [1.82, 2.24) is 49.5 Å². The Kier molecular flexibility index (Phi) is 10.3. The topological polar surface area (TPSA) is 205 Å². The molecule has 5 aromatic rings. The molecule has 16 nitrogen and oxygen atoms in total. The first-order chi connectivity index (χ1) is 27.6. The van der Waals surface area contributed by atoms with Gasteiger partial charge in [0.1, 0.15) is 17.8 Å². The van der Waals surface area contributed by atoms with Crippen LogP contribution in [0.4, 0.5) is 10.1 Å². The molecule has 57 heavy (non-hydrogen) atoms. The summed E-state index contributed by atoms with van der Waals surface area (Å²) in [7, 11) is 0. The third-order valence-corrected chi connectivity index (χ3v) is 11.7. The fourth-order valence-electron chi connectivity index (χ4n) is 8.38. The van der Waals surface area contributed by atoms with E-state index in [1.165, 1.54) is 18.3 Å². The molecule has 1 aliphatic carbocycles. The Morgan fingerprint density at radius 1 is 1.04 bits per heavy atom. The van der Waals surface area contributed by atoms with E-state index in [1.54, 1.807) is 51.6 Å². The van der Waals surface area contributed by atoms with Gasteiger partial charge in [-0.1, -0.05) is 5.21 Å². The van der Waals surface area contributed by atoms with Crippen molar-refractivity contribution in [2.75, 3.05) is 25.0 Å². The summed E-state index contributed by atoms with van der Waals surface area (Å²) in [4.78, 5) is 48.3. The number of nitrogens with zero attached hydrogens (tertiary/aromatic N) is 11. The lowest BCUT2D eigenvalue weighted by Gasteiger charge is -2.35. The number of halogens is 1. The predicted octanol–water partition coefficient (Wildman–Crippen LogP) is 4.36. The van der Waals surface area contributed by atoms with Crippen LogP contribution in [-0.4, -0.2) is 81.7 Å². The monoisotopic (exact) mass is 771 g/mol. The molecule has 17 heteroatoms. The number of amides is 2. The number of fused-ring (bicyclic) bond motifs is 1. The number of alkyl halides is 1. The van der Waals surface area contributed by atoms with Gasteiger partial charge in [0.15, 0.2) is 11.5 Å². The Morgan fingerprint density at radius 2 is 1.84 bits per heavy atom. The van der Waals surface area contributed by atoms with Gasteiger partial charge in [0.25, 0.3) is 11.5 Å².